The summed E-state index contributed by atoms with van der Waals surface area (Å²) in [6.07, 6.45) is 2.59. The number of aromatic nitrogens is 2. The summed E-state index contributed by atoms with van der Waals surface area (Å²) in [5, 5.41) is 0. The third kappa shape index (κ3) is 3.41. The van der Waals surface area contributed by atoms with Crippen molar-refractivity contribution in [2.45, 2.75) is 25.8 Å². The van der Waals surface area contributed by atoms with Crippen LogP contribution < -0.4 is 5.73 Å². The second-order valence-corrected chi connectivity index (χ2v) is 5.83. The molecule has 0 spiro atoms. The molecular formula is C13H16BrN3. The van der Waals surface area contributed by atoms with Gasteiger partial charge >= 0.3 is 0 Å². The van der Waals surface area contributed by atoms with Gasteiger partial charge in [0.1, 0.15) is 5.82 Å². The van der Waals surface area contributed by atoms with Crippen molar-refractivity contribution in [3.8, 4) is 11.3 Å². The summed E-state index contributed by atoms with van der Waals surface area (Å²) in [7, 11) is 0. The highest BCUT2D eigenvalue weighted by Crippen LogP contribution is 2.21. The number of aromatic amines is 1. The lowest BCUT2D eigenvalue weighted by molar-refractivity contribution is 0.505. The lowest BCUT2D eigenvalue weighted by atomic mass is 10.0. The maximum Gasteiger partial charge on any atom is 0.108 e. The first kappa shape index (κ1) is 12.3. The molecule has 0 radical (unpaired) electrons. The van der Waals surface area contributed by atoms with Crippen LogP contribution in [0.2, 0.25) is 0 Å². The molecule has 0 saturated heterocycles. The van der Waals surface area contributed by atoms with Gasteiger partial charge in [0, 0.05) is 22.0 Å². The molecule has 1 aromatic carbocycles. The average molecular weight is 294 g/mol. The van der Waals surface area contributed by atoms with Crippen molar-refractivity contribution in [1.29, 1.82) is 0 Å². The SMILES string of the molecule is CC(C)(N)Cc1ncc(-c2cccc(Br)c2)[nH]1. The Morgan fingerprint density at radius 2 is 2.18 bits per heavy atom. The van der Waals surface area contributed by atoms with Gasteiger partial charge in [0.05, 0.1) is 11.9 Å². The minimum atomic E-state index is -0.244. The van der Waals surface area contributed by atoms with E-state index < -0.39 is 0 Å². The third-order valence-corrected chi connectivity index (χ3v) is 2.88. The summed E-state index contributed by atoms with van der Waals surface area (Å²) in [6.45, 7) is 3.99. The van der Waals surface area contributed by atoms with E-state index in [2.05, 4.69) is 38.0 Å². The number of benzene rings is 1. The lowest BCUT2D eigenvalue weighted by Gasteiger charge is -2.15. The van der Waals surface area contributed by atoms with E-state index in [0.29, 0.717) is 0 Å². The Hall–Kier alpha value is -1.13. The van der Waals surface area contributed by atoms with Crippen molar-refractivity contribution in [1.82, 2.24) is 9.97 Å². The van der Waals surface area contributed by atoms with Crippen LogP contribution in [0, 0.1) is 0 Å². The molecule has 90 valence electrons. The van der Waals surface area contributed by atoms with E-state index >= 15 is 0 Å². The average Bonchev–Trinajstić information content (AvgIpc) is 2.63. The number of halogens is 1. The molecule has 2 rings (SSSR count). The molecular weight excluding hydrogens is 278 g/mol. The molecule has 0 atom stereocenters. The second-order valence-electron chi connectivity index (χ2n) is 4.92. The van der Waals surface area contributed by atoms with Crippen LogP contribution >= 0.6 is 15.9 Å². The fraction of sp³-hybridized carbons (Fsp3) is 0.308. The van der Waals surface area contributed by atoms with Crippen LogP contribution in [-0.2, 0) is 6.42 Å². The molecule has 0 aliphatic heterocycles. The second kappa shape index (κ2) is 4.63. The molecule has 3 nitrogen and oxygen atoms in total. The quantitative estimate of drug-likeness (QED) is 0.913. The number of nitrogens with one attached hydrogen (secondary N) is 1. The Labute approximate surface area is 110 Å². The molecule has 2 aromatic rings. The van der Waals surface area contributed by atoms with Crippen LogP contribution in [0.1, 0.15) is 19.7 Å². The molecule has 0 saturated carbocycles. The predicted octanol–water partition coefficient (Wildman–Crippen LogP) is 3.12. The van der Waals surface area contributed by atoms with E-state index in [0.717, 1.165) is 28.0 Å². The van der Waals surface area contributed by atoms with Gasteiger partial charge in [-0.3, -0.25) is 0 Å². The first-order chi connectivity index (χ1) is 7.94. The van der Waals surface area contributed by atoms with Crippen LogP contribution in [0.3, 0.4) is 0 Å². The zero-order chi connectivity index (χ0) is 12.5. The number of hydrogen-bond donors (Lipinski definition) is 2. The predicted molar refractivity (Wildman–Crippen MR) is 73.7 cm³/mol. The number of nitrogens with two attached hydrogens (primary N) is 1. The number of rotatable bonds is 3. The highest BCUT2D eigenvalue weighted by Gasteiger charge is 2.14. The van der Waals surface area contributed by atoms with Crippen LogP contribution in [0.4, 0.5) is 0 Å². The maximum atomic E-state index is 5.97. The van der Waals surface area contributed by atoms with Crippen molar-refractivity contribution in [2.75, 3.05) is 0 Å². The number of nitrogens with zero attached hydrogens (tertiary/aromatic N) is 1. The normalized spacial score (nSPS) is 11.8. The molecule has 4 heteroatoms. The van der Waals surface area contributed by atoms with Crippen LogP contribution in [-0.4, -0.2) is 15.5 Å². The van der Waals surface area contributed by atoms with E-state index in [4.69, 9.17) is 5.73 Å². The summed E-state index contributed by atoms with van der Waals surface area (Å²) in [4.78, 5) is 7.66. The van der Waals surface area contributed by atoms with E-state index in [-0.39, 0.29) is 5.54 Å². The third-order valence-electron chi connectivity index (χ3n) is 2.39. The van der Waals surface area contributed by atoms with E-state index in [1.165, 1.54) is 0 Å². The van der Waals surface area contributed by atoms with E-state index in [1.807, 2.05) is 32.2 Å². The Bertz CT molecular complexity index is 511. The van der Waals surface area contributed by atoms with Gasteiger partial charge in [-0.15, -0.1) is 0 Å². The highest BCUT2D eigenvalue weighted by molar-refractivity contribution is 9.10. The van der Waals surface area contributed by atoms with Crippen molar-refractivity contribution in [2.24, 2.45) is 5.73 Å². The van der Waals surface area contributed by atoms with Crippen molar-refractivity contribution < 1.29 is 0 Å². The summed E-state index contributed by atoms with van der Waals surface area (Å²) in [5.74, 6) is 0.924. The molecule has 0 bridgehead atoms. The molecule has 0 aliphatic rings. The van der Waals surface area contributed by atoms with Gasteiger partial charge < -0.3 is 10.7 Å². The summed E-state index contributed by atoms with van der Waals surface area (Å²) in [5.41, 5.74) is 7.87. The fourth-order valence-electron chi connectivity index (χ4n) is 1.69. The highest BCUT2D eigenvalue weighted by atomic mass is 79.9. The molecule has 0 amide bonds. The monoisotopic (exact) mass is 293 g/mol. The Morgan fingerprint density at radius 3 is 2.82 bits per heavy atom. The number of H-pyrrole nitrogens is 1. The largest absolute Gasteiger partial charge is 0.342 e. The summed E-state index contributed by atoms with van der Waals surface area (Å²) < 4.78 is 1.06. The molecule has 17 heavy (non-hydrogen) atoms. The Morgan fingerprint density at radius 1 is 1.41 bits per heavy atom. The number of imidazole rings is 1. The fourth-order valence-corrected chi connectivity index (χ4v) is 2.09. The van der Waals surface area contributed by atoms with Crippen LogP contribution in [0.5, 0.6) is 0 Å². The minimum absolute atomic E-state index is 0.244. The first-order valence-electron chi connectivity index (χ1n) is 5.53. The van der Waals surface area contributed by atoms with Gasteiger partial charge in [-0.05, 0) is 26.0 Å². The molecule has 0 unspecified atom stereocenters. The van der Waals surface area contributed by atoms with Crippen LogP contribution in [0.25, 0.3) is 11.3 Å². The topological polar surface area (TPSA) is 54.7 Å². The first-order valence-corrected chi connectivity index (χ1v) is 6.32. The number of hydrogen-bond acceptors (Lipinski definition) is 2. The van der Waals surface area contributed by atoms with Gasteiger partial charge in [0.15, 0.2) is 0 Å². The Kier molecular flexibility index (Phi) is 3.35. The zero-order valence-corrected chi connectivity index (χ0v) is 11.6. The molecule has 3 N–H and O–H groups in total. The lowest BCUT2D eigenvalue weighted by Crippen LogP contribution is -2.34. The van der Waals surface area contributed by atoms with Gasteiger partial charge in [-0.1, -0.05) is 28.1 Å². The standard InChI is InChI=1S/C13H16BrN3/c1-13(2,15)7-12-16-8-11(17-12)9-4-3-5-10(14)6-9/h3-6,8H,7,15H2,1-2H3,(H,16,17). The maximum absolute atomic E-state index is 5.97. The summed E-state index contributed by atoms with van der Waals surface area (Å²) >= 11 is 3.46. The minimum Gasteiger partial charge on any atom is -0.342 e. The van der Waals surface area contributed by atoms with Gasteiger partial charge in [0.25, 0.3) is 0 Å². The smallest absolute Gasteiger partial charge is 0.108 e. The van der Waals surface area contributed by atoms with Crippen molar-refractivity contribution >= 4 is 15.9 Å². The van der Waals surface area contributed by atoms with E-state index in [9.17, 15) is 0 Å². The zero-order valence-electron chi connectivity index (χ0n) is 10.00. The van der Waals surface area contributed by atoms with Crippen LogP contribution in [0.15, 0.2) is 34.9 Å². The molecule has 1 aromatic heterocycles. The van der Waals surface area contributed by atoms with Gasteiger partial charge in [-0.25, -0.2) is 4.98 Å². The van der Waals surface area contributed by atoms with Gasteiger partial charge in [-0.2, -0.15) is 0 Å². The van der Waals surface area contributed by atoms with Crippen molar-refractivity contribution in [3.63, 3.8) is 0 Å². The van der Waals surface area contributed by atoms with Gasteiger partial charge in [0.2, 0.25) is 0 Å². The molecule has 0 fully saturated rings. The van der Waals surface area contributed by atoms with Crippen molar-refractivity contribution in [3.05, 3.63) is 40.8 Å². The van der Waals surface area contributed by atoms with E-state index in [1.54, 1.807) is 0 Å². The molecule has 1 heterocycles. The Balaban J connectivity index is 2.24. The molecule has 0 aliphatic carbocycles. The summed E-state index contributed by atoms with van der Waals surface area (Å²) in [6, 6.07) is 8.12.